The second kappa shape index (κ2) is 6.87. The van der Waals surface area contributed by atoms with Gasteiger partial charge < -0.3 is 15.2 Å². The zero-order valence-electron chi connectivity index (χ0n) is 11.0. The van der Waals surface area contributed by atoms with Gasteiger partial charge in [-0.05, 0) is 0 Å². The lowest BCUT2D eigenvalue weighted by Gasteiger charge is -2.17. The number of nitrogens with one attached hydrogen (secondary N) is 1. The van der Waals surface area contributed by atoms with Crippen molar-refractivity contribution in [2.75, 3.05) is 31.7 Å². The van der Waals surface area contributed by atoms with E-state index >= 15 is 0 Å². The molecule has 5 nitrogen and oxygen atoms in total. The monoisotopic (exact) mass is 273 g/mol. The third-order valence-corrected chi connectivity index (χ3v) is 2.35. The summed E-state index contributed by atoms with van der Waals surface area (Å²) in [6.07, 6.45) is 0. The van der Waals surface area contributed by atoms with Gasteiger partial charge in [-0.1, -0.05) is 32.4 Å². The van der Waals surface area contributed by atoms with Gasteiger partial charge in [0.2, 0.25) is 0 Å². The predicted octanol–water partition coefficient (Wildman–Crippen LogP) is 1.85. The maximum absolute atomic E-state index is 8.56. The first-order chi connectivity index (χ1) is 8.43. The van der Waals surface area contributed by atoms with E-state index in [0.29, 0.717) is 36.6 Å². The van der Waals surface area contributed by atoms with Gasteiger partial charge in [0.25, 0.3) is 0 Å². The molecular weight excluding hydrogens is 254 g/mol. The molecule has 0 aliphatic carbocycles. The van der Waals surface area contributed by atoms with Crippen LogP contribution in [-0.4, -0.2) is 41.4 Å². The zero-order valence-corrected chi connectivity index (χ0v) is 11.8. The summed E-state index contributed by atoms with van der Waals surface area (Å²) in [7, 11) is 0. The van der Waals surface area contributed by atoms with Crippen LogP contribution < -0.4 is 5.32 Å². The summed E-state index contributed by atoms with van der Waals surface area (Å²) in [6, 6.07) is 1.68. The van der Waals surface area contributed by atoms with Crippen molar-refractivity contribution in [3.05, 3.63) is 17.0 Å². The van der Waals surface area contributed by atoms with E-state index in [4.69, 9.17) is 21.4 Å². The van der Waals surface area contributed by atoms with Gasteiger partial charge in [0.1, 0.15) is 16.8 Å². The molecule has 0 aromatic carbocycles. The van der Waals surface area contributed by atoms with Crippen molar-refractivity contribution in [1.82, 2.24) is 9.97 Å². The average molecular weight is 274 g/mol. The summed E-state index contributed by atoms with van der Waals surface area (Å²) in [5.41, 5.74) is -0.144. The van der Waals surface area contributed by atoms with Gasteiger partial charge in [0, 0.05) is 18.0 Å². The van der Waals surface area contributed by atoms with Gasteiger partial charge >= 0.3 is 0 Å². The number of anilines is 1. The molecule has 0 spiro atoms. The minimum absolute atomic E-state index is 0.0352. The largest absolute Gasteiger partial charge is 0.394 e. The Morgan fingerprint density at radius 3 is 2.67 bits per heavy atom. The summed E-state index contributed by atoms with van der Waals surface area (Å²) in [4.78, 5) is 8.62. The van der Waals surface area contributed by atoms with Crippen LogP contribution in [0.3, 0.4) is 0 Å². The number of aliphatic hydroxyl groups is 1. The molecule has 0 aliphatic heterocycles. The van der Waals surface area contributed by atoms with Gasteiger partial charge in [-0.15, -0.1) is 0 Å². The van der Waals surface area contributed by atoms with Crippen molar-refractivity contribution in [2.45, 2.75) is 26.2 Å². The molecule has 1 aromatic rings. The molecule has 1 heterocycles. The molecule has 0 atom stereocenters. The summed E-state index contributed by atoms with van der Waals surface area (Å²) in [5, 5.41) is 12.1. The van der Waals surface area contributed by atoms with Crippen LogP contribution in [0.1, 0.15) is 26.6 Å². The van der Waals surface area contributed by atoms with E-state index in [1.54, 1.807) is 6.07 Å². The van der Waals surface area contributed by atoms with Gasteiger partial charge in [0.15, 0.2) is 0 Å². The van der Waals surface area contributed by atoms with Gasteiger partial charge in [0.05, 0.1) is 19.8 Å². The first-order valence-corrected chi connectivity index (χ1v) is 6.29. The quantitative estimate of drug-likeness (QED) is 0.612. The van der Waals surface area contributed by atoms with Crippen molar-refractivity contribution >= 4 is 17.4 Å². The Balaban J connectivity index is 2.58. The van der Waals surface area contributed by atoms with Crippen LogP contribution in [-0.2, 0) is 10.2 Å². The van der Waals surface area contributed by atoms with E-state index in [1.807, 2.05) is 20.8 Å². The van der Waals surface area contributed by atoms with E-state index < -0.39 is 0 Å². The molecule has 18 heavy (non-hydrogen) atoms. The van der Waals surface area contributed by atoms with E-state index in [-0.39, 0.29) is 12.0 Å². The predicted molar refractivity (Wildman–Crippen MR) is 72.1 cm³/mol. The van der Waals surface area contributed by atoms with E-state index in [9.17, 15) is 0 Å². The van der Waals surface area contributed by atoms with Crippen LogP contribution in [0.4, 0.5) is 5.82 Å². The number of hydrogen-bond donors (Lipinski definition) is 2. The van der Waals surface area contributed by atoms with Crippen molar-refractivity contribution < 1.29 is 9.84 Å². The van der Waals surface area contributed by atoms with E-state index in [1.165, 1.54) is 0 Å². The smallest absolute Gasteiger partial charge is 0.137 e. The SMILES string of the molecule is CC(C)(C)c1nc(Cl)cc(NCCOCCO)n1. The standard InChI is InChI=1S/C12H20ClN3O2/c1-12(2,3)11-15-9(13)8-10(16-11)14-4-6-18-7-5-17/h8,17H,4-7H2,1-3H3,(H,14,15,16). The van der Waals surface area contributed by atoms with Crippen LogP contribution in [0, 0.1) is 0 Å². The molecular formula is C12H20ClN3O2. The maximum Gasteiger partial charge on any atom is 0.137 e. The molecule has 0 saturated heterocycles. The number of halogens is 1. The highest BCUT2D eigenvalue weighted by Crippen LogP contribution is 2.21. The van der Waals surface area contributed by atoms with Crippen LogP contribution in [0.25, 0.3) is 0 Å². The van der Waals surface area contributed by atoms with Crippen molar-refractivity contribution in [3.8, 4) is 0 Å². The molecule has 0 bridgehead atoms. The lowest BCUT2D eigenvalue weighted by atomic mass is 9.96. The highest BCUT2D eigenvalue weighted by Gasteiger charge is 2.18. The molecule has 102 valence electrons. The molecule has 6 heteroatoms. The molecule has 0 saturated carbocycles. The highest BCUT2D eigenvalue weighted by atomic mass is 35.5. The average Bonchev–Trinajstić information content (AvgIpc) is 2.27. The minimum Gasteiger partial charge on any atom is -0.394 e. The second-order valence-electron chi connectivity index (χ2n) is 4.91. The number of aliphatic hydroxyl groups excluding tert-OH is 1. The Morgan fingerprint density at radius 2 is 2.06 bits per heavy atom. The van der Waals surface area contributed by atoms with Crippen molar-refractivity contribution in [1.29, 1.82) is 0 Å². The maximum atomic E-state index is 8.56. The Bertz CT molecular complexity index is 380. The Morgan fingerprint density at radius 1 is 1.33 bits per heavy atom. The zero-order chi connectivity index (χ0) is 13.6. The Hall–Kier alpha value is -0.910. The number of aromatic nitrogens is 2. The van der Waals surface area contributed by atoms with E-state index in [0.717, 1.165) is 0 Å². The fourth-order valence-corrected chi connectivity index (χ4v) is 1.44. The fourth-order valence-electron chi connectivity index (χ4n) is 1.26. The molecule has 0 unspecified atom stereocenters. The van der Waals surface area contributed by atoms with Crippen LogP contribution in [0.5, 0.6) is 0 Å². The topological polar surface area (TPSA) is 67.3 Å². The minimum atomic E-state index is -0.144. The van der Waals surface area contributed by atoms with Crippen LogP contribution >= 0.6 is 11.6 Å². The van der Waals surface area contributed by atoms with Crippen molar-refractivity contribution in [3.63, 3.8) is 0 Å². The van der Waals surface area contributed by atoms with Crippen LogP contribution in [0.2, 0.25) is 5.15 Å². The first-order valence-electron chi connectivity index (χ1n) is 5.91. The summed E-state index contributed by atoms with van der Waals surface area (Å²) >= 11 is 5.96. The number of nitrogens with zero attached hydrogens (tertiary/aromatic N) is 2. The third-order valence-electron chi connectivity index (χ3n) is 2.15. The normalized spacial score (nSPS) is 11.6. The van der Waals surface area contributed by atoms with Crippen molar-refractivity contribution in [2.24, 2.45) is 0 Å². The number of ether oxygens (including phenoxy) is 1. The fraction of sp³-hybridized carbons (Fsp3) is 0.667. The number of hydrogen-bond acceptors (Lipinski definition) is 5. The summed E-state index contributed by atoms with van der Waals surface area (Å²) < 4.78 is 5.14. The molecule has 0 aliphatic rings. The Labute approximate surface area is 113 Å². The summed E-state index contributed by atoms with van der Waals surface area (Å²) in [6.45, 7) is 7.60. The molecule has 2 N–H and O–H groups in total. The van der Waals surface area contributed by atoms with Gasteiger partial charge in [-0.2, -0.15) is 0 Å². The summed E-state index contributed by atoms with van der Waals surface area (Å²) in [5.74, 6) is 1.39. The molecule has 0 amide bonds. The second-order valence-corrected chi connectivity index (χ2v) is 5.30. The van der Waals surface area contributed by atoms with Crippen LogP contribution in [0.15, 0.2) is 6.07 Å². The lowest BCUT2D eigenvalue weighted by molar-refractivity contribution is 0.0992. The van der Waals surface area contributed by atoms with Gasteiger partial charge in [-0.25, -0.2) is 9.97 Å². The molecule has 0 fully saturated rings. The molecule has 1 aromatic heterocycles. The highest BCUT2D eigenvalue weighted by molar-refractivity contribution is 6.29. The first kappa shape index (κ1) is 15.1. The lowest BCUT2D eigenvalue weighted by Crippen LogP contribution is -2.18. The third kappa shape index (κ3) is 5.16. The molecule has 1 rings (SSSR count). The Kier molecular flexibility index (Phi) is 5.78. The van der Waals surface area contributed by atoms with Gasteiger partial charge in [-0.3, -0.25) is 0 Å². The number of rotatable bonds is 6. The van der Waals surface area contributed by atoms with E-state index in [2.05, 4.69) is 15.3 Å². The molecule has 0 radical (unpaired) electrons.